The van der Waals surface area contributed by atoms with Crippen LogP contribution in [-0.4, -0.2) is 22.5 Å². The molecule has 1 saturated carbocycles. The van der Waals surface area contributed by atoms with Crippen LogP contribution in [0.15, 0.2) is 24.3 Å². The first-order valence-corrected chi connectivity index (χ1v) is 8.43. The summed E-state index contributed by atoms with van der Waals surface area (Å²) in [5.74, 6) is -3.29. The average molecular weight is 362 g/mol. The van der Waals surface area contributed by atoms with Crippen LogP contribution in [0.1, 0.15) is 47.6 Å². The molecule has 0 bridgehead atoms. The van der Waals surface area contributed by atoms with E-state index in [1.54, 1.807) is 6.07 Å². The standard InChI is InChI=1S/C19H20F2N2O3/c1-10-8-15(11(2)23(10)14-5-6-14)19(25)26-12(3)18(24)22-13-4-7-16(20)17(21)9-13/h4,7-9,12,14H,5-6H2,1-3H3,(H,22,24)/t12-/m1/s1. The molecule has 2 aromatic rings. The van der Waals surface area contributed by atoms with Gasteiger partial charge in [0, 0.05) is 29.2 Å². The molecule has 1 heterocycles. The zero-order chi connectivity index (χ0) is 19.0. The Morgan fingerprint density at radius 2 is 1.88 bits per heavy atom. The molecular weight excluding hydrogens is 342 g/mol. The highest BCUT2D eigenvalue weighted by atomic mass is 19.2. The van der Waals surface area contributed by atoms with Crippen LogP contribution in [0.4, 0.5) is 14.5 Å². The van der Waals surface area contributed by atoms with Crippen molar-refractivity contribution in [2.24, 2.45) is 0 Å². The van der Waals surface area contributed by atoms with Crippen molar-refractivity contribution in [3.8, 4) is 0 Å². The third-order valence-electron chi connectivity index (χ3n) is 4.46. The van der Waals surface area contributed by atoms with Crippen LogP contribution < -0.4 is 5.32 Å². The molecule has 1 atom stereocenters. The summed E-state index contributed by atoms with van der Waals surface area (Å²) in [7, 11) is 0. The fraction of sp³-hybridized carbons (Fsp3) is 0.368. The van der Waals surface area contributed by atoms with E-state index in [9.17, 15) is 18.4 Å². The molecule has 3 rings (SSSR count). The van der Waals surface area contributed by atoms with Gasteiger partial charge in [0.2, 0.25) is 0 Å². The number of aromatic nitrogens is 1. The predicted molar refractivity (Wildman–Crippen MR) is 92.0 cm³/mol. The van der Waals surface area contributed by atoms with E-state index >= 15 is 0 Å². The summed E-state index contributed by atoms with van der Waals surface area (Å²) in [5.41, 5.74) is 2.32. The van der Waals surface area contributed by atoms with E-state index in [2.05, 4.69) is 9.88 Å². The minimum absolute atomic E-state index is 0.0868. The minimum Gasteiger partial charge on any atom is -0.449 e. The number of carbonyl (C=O) groups excluding carboxylic acids is 2. The molecule has 0 aliphatic heterocycles. The molecule has 1 aliphatic carbocycles. The molecule has 1 aliphatic rings. The summed E-state index contributed by atoms with van der Waals surface area (Å²) < 4.78 is 33.5. The topological polar surface area (TPSA) is 60.3 Å². The molecular formula is C19H20F2N2O3. The molecule has 0 spiro atoms. The highest BCUT2D eigenvalue weighted by molar-refractivity contribution is 5.97. The van der Waals surface area contributed by atoms with Crippen molar-refractivity contribution in [1.29, 1.82) is 0 Å². The Hall–Kier alpha value is -2.70. The van der Waals surface area contributed by atoms with E-state index in [1.165, 1.54) is 13.0 Å². The van der Waals surface area contributed by atoms with Gasteiger partial charge < -0.3 is 14.6 Å². The Kier molecular flexibility index (Phi) is 4.80. The third-order valence-corrected chi connectivity index (χ3v) is 4.46. The number of hydrogen-bond donors (Lipinski definition) is 1. The van der Waals surface area contributed by atoms with Crippen LogP contribution in [-0.2, 0) is 9.53 Å². The van der Waals surface area contributed by atoms with Gasteiger partial charge in [-0.3, -0.25) is 4.79 Å². The van der Waals surface area contributed by atoms with Gasteiger partial charge in [0.15, 0.2) is 17.7 Å². The zero-order valence-electron chi connectivity index (χ0n) is 14.8. The lowest BCUT2D eigenvalue weighted by Gasteiger charge is -2.14. The maximum atomic E-state index is 13.2. The molecule has 1 aromatic carbocycles. The van der Waals surface area contributed by atoms with Gasteiger partial charge >= 0.3 is 5.97 Å². The molecule has 26 heavy (non-hydrogen) atoms. The lowest BCUT2D eigenvalue weighted by atomic mass is 10.2. The second-order valence-corrected chi connectivity index (χ2v) is 6.55. The van der Waals surface area contributed by atoms with Gasteiger partial charge in [-0.25, -0.2) is 13.6 Å². The summed E-state index contributed by atoms with van der Waals surface area (Å²) >= 11 is 0. The number of aryl methyl sites for hydroxylation is 1. The van der Waals surface area contributed by atoms with E-state index in [0.29, 0.717) is 11.6 Å². The molecule has 0 radical (unpaired) electrons. The van der Waals surface area contributed by atoms with Crippen molar-refractivity contribution in [2.45, 2.75) is 45.8 Å². The molecule has 0 saturated heterocycles. The second-order valence-electron chi connectivity index (χ2n) is 6.55. The smallest absolute Gasteiger partial charge is 0.340 e. The number of esters is 1. The Balaban J connectivity index is 1.66. The highest BCUT2D eigenvalue weighted by Gasteiger charge is 2.29. The normalized spacial score (nSPS) is 14.8. The van der Waals surface area contributed by atoms with E-state index in [4.69, 9.17) is 4.74 Å². The maximum Gasteiger partial charge on any atom is 0.340 e. The fourth-order valence-electron chi connectivity index (χ4n) is 2.97. The molecule has 0 unspecified atom stereocenters. The number of hydrogen-bond acceptors (Lipinski definition) is 3. The predicted octanol–water partition coefficient (Wildman–Crippen LogP) is 3.90. The second kappa shape index (κ2) is 6.90. The summed E-state index contributed by atoms with van der Waals surface area (Å²) in [4.78, 5) is 24.6. The van der Waals surface area contributed by atoms with Crippen LogP contribution in [0.3, 0.4) is 0 Å². The van der Waals surface area contributed by atoms with Crippen molar-refractivity contribution in [1.82, 2.24) is 4.57 Å². The summed E-state index contributed by atoms with van der Waals surface area (Å²) in [6, 6.07) is 5.20. The molecule has 1 aromatic heterocycles. The number of amides is 1. The van der Waals surface area contributed by atoms with E-state index in [-0.39, 0.29) is 5.69 Å². The first-order chi connectivity index (χ1) is 12.3. The Morgan fingerprint density at radius 3 is 2.50 bits per heavy atom. The number of benzene rings is 1. The Bertz CT molecular complexity index is 872. The van der Waals surface area contributed by atoms with Gasteiger partial charge in [-0.2, -0.15) is 0 Å². The lowest BCUT2D eigenvalue weighted by Crippen LogP contribution is -2.30. The minimum atomic E-state index is -1.08. The van der Waals surface area contributed by atoms with E-state index in [0.717, 1.165) is 36.4 Å². The SMILES string of the molecule is Cc1cc(C(=O)O[C@H](C)C(=O)Nc2ccc(F)c(F)c2)c(C)n1C1CC1. The number of nitrogens with zero attached hydrogens (tertiary/aromatic N) is 1. The lowest BCUT2D eigenvalue weighted by molar-refractivity contribution is -0.123. The first kappa shape index (κ1) is 18.1. The van der Waals surface area contributed by atoms with E-state index in [1.807, 2.05) is 13.8 Å². The molecule has 7 heteroatoms. The number of ether oxygens (including phenoxy) is 1. The van der Waals surface area contributed by atoms with Crippen LogP contribution in [0, 0.1) is 25.5 Å². The molecule has 1 fully saturated rings. The van der Waals surface area contributed by atoms with Crippen molar-refractivity contribution in [2.75, 3.05) is 5.32 Å². The number of rotatable bonds is 5. The van der Waals surface area contributed by atoms with Gasteiger partial charge in [-0.05, 0) is 51.8 Å². The average Bonchev–Trinajstić information content (AvgIpc) is 3.36. The monoisotopic (exact) mass is 362 g/mol. The third kappa shape index (κ3) is 3.61. The van der Waals surface area contributed by atoms with Crippen molar-refractivity contribution >= 4 is 17.6 Å². The van der Waals surface area contributed by atoms with Gasteiger partial charge in [0.1, 0.15) is 0 Å². The molecule has 5 nitrogen and oxygen atoms in total. The van der Waals surface area contributed by atoms with Crippen molar-refractivity contribution in [3.63, 3.8) is 0 Å². The zero-order valence-corrected chi connectivity index (χ0v) is 14.8. The van der Waals surface area contributed by atoms with Gasteiger partial charge in [0.05, 0.1) is 5.56 Å². The van der Waals surface area contributed by atoms with Gasteiger partial charge in [0.25, 0.3) is 5.91 Å². The largest absolute Gasteiger partial charge is 0.449 e. The van der Waals surface area contributed by atoms with Gasteiger partial charge in [-0.1, -0.05) is 0 Å². The molecule has 1 N–H and O–H groups in total. The fourth-order valence-corrected chi connectivity index (χ4v) is 2.97. The van der Waals surface area contributed by atoms with Crippen molar-refractivity contribution in [3.05, 3.63) is 52.9 Å². The number of carbonyl (C=O) groups is 2. The van der Waals surface area contributed by atoms with Crippen LogP contribution >= 0.6 is 0 Å². The molecule has 138 valence electrons. The maximum absolute atomic E-state index is 13.2. The van der Waals surface area contributed by atoms with Gasteiger partial charge in [-0.15, -0.1) is 0 Å². The van der Waals surface area contributed by atoms with Crippen LogP contribution in [0.5, 0.6) is 0 Å². The quantitative estimate of drug-likeness (QED) is 0.821. The summed E-state index contributed by atoms with van der Waals surface area (Å²) in [6.45, 7) is 5.21. The number of halogens is 2. The molecule has 1 amide bonds. The highest BCUT2D eigenvalue weighted by Crippen LogP contribution is 2.38. The Labute approximate surface area is 150 Å². The number of nitrogens with one attached hydrogen (secondary N) is 1. The summed E-state index contributed by atoms with van der Waals surface area (Å²) in [6.07, 6.45) is 1.11. The van der Waals surface area contributed by atoms with Crippen LogP contribution in [0.25, 0.3) is 0 Å². The van der Waals surface area contributed by atoms with Crippen LogP contribution in [0.2, 0.25) is 0 Å². The first-order valence-electron chi connectivity index (χ1n) is 8.43. The Morgan fingerprint density at radius 1 is 1.19 bits per heavy atom. The van der Waals surface area contributed by atoms with E-state index < -0.39 is 29.6 Å². The summed E-state index contributed by atoms with van der Waals surface area (Å²) in [5, 5.41) is 2.40. The number of anilines is 1. The van der Waals surface area contributed by atoms with Crippen molar-refractivity contribution < 1.29 is 23.1 Å².